The van der Waals surface area contributed by atoms with E-state index in [-0.39, 0.29) is 0 Å². The minimum atomic E-state index is -0.425. The zero-order chi connectivity index (χ0) is 18.1. The van der Waals surface area contributed by atoms with Crippen LogP contribution in [0.5, 0.6) is 5.75 Å². The largest absolute Gasteiger partial charge is 0.491 e. The van der Waals surface area contributed by atoms with E-state index in [4.69, 9.17) is 9.47 Å². The van der Waals surface area contributed by atoms with Gasteiger partial charge >= 0.3 is 5.97 Å². The molecule has 0 spiro atoms. The molecular weight excluding hydrogens is 330 g/mol. The van der Waals surface area contributed by atoms with E-state index in [1.54, 1.807) is 10.7 Å². The van der Waals surface area contributed by atoms with Crippen molar-refractivity contribution in [2.45, 2.75) is 12.8 Å². The van der Waals surface area contributed by atoms with Crippen LogP contribution in [0.4, 0.5) is 0 Å². The predicted molar refractivity (Wildman–Crippen MR) is 96.2 cm³/mol. The summed E-state index contributed by atoms with van der Waals surface area (Å²) in [6, 6.07) is 12.0. The van der Waals surface area contributed by atoms with Crippen LogP contribution in [0, 0.1) is 0 Å². The van der Waals surface area contributed by atoms with E-state index in [2.05, 4.69) is 34.3 Å². The van der Waals surface area contributed by atoms with Crippen LogP contribution in [-0.2, 0) is 24.6 Å². The van der Waals surface area contributed by atoms with Gasteiger partial charge in [-0.25, -0.2) is 9.78 Å². The third-order valence-electron chi connectivity index (χ3n) is 4.46. The molecule has 0 N–H and O–H groups in total. The summed E-state index contributed by atoms with van der Waals surface area (Å²) in [7, 11) is 3.27. The second-order valence-electron chi connectivity index (χ2n) is 6.28. The quantitative estimate of drug-likeness (QED) is 0.678. The Labute approximate surface area is 151 Å². The molecule has 1 aliphatic heterocycles. The molecule has 132 valence electrons. The Bertz CT molecular complexity index is 961. The molecule has 3 heterocycles. The highest BCUT2D eigenvalue weighted by Crippen LogP contribution is 2.31. The third-order valence-corrected chi connectivity index (χ3v) is 4.46. The maximum atomic E-state index is 11.9. The van der Waals surface area contributed by atoms with Crippen molar-refractivity contribution in [2.24, 2.45) is 7.05 Å². The third kappa shape index (κ3) is 3.06. The molecule has 0 saturated heterocycles. The summed E-state index contributed by atoms with van der Waals surface area (Å²) in [5.41, 5.74) is 5.26. The maximum Gasteiger partial charge on any atom is 0.356 e. The Balaban J connectivity index is 1.63. The van der Waals surface area contributed by atoms with Crippen LogP contribution < -0.4 is 4.74 Å². The molecule has 0 fully saturated rings. The fourth-order valence-corrected chi connectivity index (χ4v) is 3.16. The molecule has 2 aromatic heterocycles. The van der Waals surface area contributed by atoms with Crippen molar-refractivity contribution in [3.05, 3.63) is 65.1 Å². The summed E-state index contributed by atoms with van der Waals surface area (Å²) in [5, 5.41) is 4.42. The van der Waals surface area contributed by atoms with E-state index >= 15 is 0 Å². The average Bonchev–Trinajstić information content (AvgIpc) is 3.30. The number of aromatic nitrogens is 3. The molecule has 6 heteroatoms. The number of benzene rings is 1. The normalized spacial score (nSPS) is 12.5. The summed E-state index contributed by atoms with van der Waals surface area (Å²) >= 11 is 0. The molecule has 6 nitrogen and oxygen atoms in total. The van der Waals surface area contributed by atoms with Crippen molar-refractivity contribution in [3.63, 3.8) is 0 Å². The number of rotatable bonds is 4. The number of pyridine rings is 1. The van der Waals surface area contributed by atoms with Gasteiger partial charge in [0.05, 0.1) is 25.1 Å². The lowest BCUT2D eigenvalue weighted by Crippen LogP contribution is -2.07. The Morgan fingerprint density at radius 3 is 2.77 bits per heavy atom. The number of hydrogen-bond donors (Lipinski definition) is 0. The lowest BCUT2D eigenvalue weighted by atomic mass is 10.0. The number of hydrogen-bond acceptors (Lipinski definition) is 5. The minimum Gasteiger partial charge on any atom is -0.491 e. The maximum absolute atomic E-state index is 11.9. The van der Waals surface area contributed by atoms with Gasteiger partial charge in [-0.1, -0.05) is 24.3 Å². The summed E-state index contributed by atoms with van der Waals surface area (Å²) in [6.07, 6.45) is 3.30. The Morgan fingerprint density at radius 2 is 2.08 bits per heavy atom. The molecular formula is C20H19N3O3. The SMILES string of the molecule is COC(=O)c1cc(Cc2ccc(-c3ccn(C)n3)cc2)c2c(n1)CCO2. The fourth-order valence-electron chi connectivity index (χ4n) is 3.16. The van der Waals surface area contributed by atoms with Crippen molar-refractivity contribution in [1.29, 1.82) is 0 Å². The highest BCUT2D eigenvalue weighted by molar-refractivity contribution is 5.87. The molecule has 0 unspecified atom stereocenters. The summed E-state index contributed by atoms with van der Waals surface area (Å²) < 4.78 is 12.3. The van der Waals surface area contributed by atoms with Crippen LogP contribution in [0.3, 0.4) is 0 Å². The summed E-state index contributed by atoms with van der Waals surface area (Å²) in [6.45, 7) is 0.596. The van der Waals surface area contributed by atoms with Gasteiger partial charge in [0.1, 0.15) is 11.4 Å². The molecule has 26 heavy (non-hydrogen) atoms. The number of nitrogens with zero attached hydrogens (tertiary/aromatic N) is 3. The topological polar surface area (TPSA) is 66.2 Å². The first-order valence-electron chi connectivity index (χ1n) is 8.47. The minimum absolute atomic E-state index is 0.330. The molecule has 0 radical (unpaired) electrons. The number of ether oxygens (including phenoxy) is 2. The van der Waals surface area contributed by atoms with Gasteiger partial charge in [-0.15, -0.1) is 0 Å². The van der Waals surface area contributed by atoms with E-state index < -0.39 is 5.97 Å². The molecule has 0 aliphatic carbocycles. The zero-order valence-electron chi connectivity index (χ0n) is 14.7. The van der Waals surface area contributed by atoms with Crippen LogP contribution >= 0.6 is 0 Å². The lowest BCUT2D eigenvalue weighted by molar-refractivity contribution is 0.0593. The van der Waals surface area contributed by atoms with E-state index in [1.165, 1.54) is 7.11 Å². The van der Waals surface area contributed by atoms with Gasteiger partial charge in [0.15, 0.2) is 0 Å². The number of methoxy groups -OCH3 is 1. The van der Waals surface area contributed by atoms with Crippen LogP contribution in [-0.4, -0.2) is 34.5 Å². The molecule has 0 amide bonds. The van der Waals surface area contributed by atoms with Crippen molar-refractivity contribution < 1.29 is 14.3 Å². The van der Waals surface area contributed by atoms with Gasteiger partial charge in [-0.2, -0.15) is 5.10 Å². The fraction of sp³-hybridized carbons (Fsp3) is 0.250. The number of carbonyl (C=O) groups is 1. The van der Waals surface area contributed by atoms with E-state index in [0.29, 0.717) is 25.1 Å². The standard InChI is InChI=1S/C20H19N3O3/c1-23-9-7-16(22-23)14-5-3-13(4-6-14)11-15-12-18(20(24)25-2)21-17-8-10-26-19(15)17/h3-7,9,12H,8,10-11H2,1-2H3. The average molecular weight is 349 g/mol. The Hall–Kier alpha value is -3.15. The molecule has 4 rings (SSSR count). The van der Waals surface area contributed by atoms with Crippen LogP contribution in [0.15, 0.2) is 42.6 Å². The van der Waals surface area contributed by atoms with Crippen LogP contribution in [0.1, 0.15) is 27.3 Å². The second-order valence-corrected chi connectivity index (χ2v) is 6.28. The molecule has 0 saturated carbocycles. The van der Waals surface area contributed by atoms with Crippen molar-refractivity contribution >= 4 is 5.97 Å². The molecule has 3 aromatic rings. The first kappa shape index (κ1) is 16.3. The highest BCUT2D eigenvalue weighted by atomic mass is 16.5. The monoisotopic (exact) mass is 349 g/mol. The Morgan fingerprint density at radius 1 is 1.27 bits per heavy atom. The molecule has 1 aromatic carbocycles. The van der Waals surface area contributed by atoms with Gasteiger partial charge in [0.25, 0.3) is 0 Å². The second kappa shape index (κ2) is 6.63. The number of esters is 1. The van der Waals surface area contributed by atoms with Gasteiger partial charge in [-0.05, 0) is 17.7 Å². The van der Waals surface area contributed by atoms with Crippen molar-refractivity contribution in [3.8, 4) is 17.0 Å². The van der Waals surface area contributed by atoms with Crippen LogP contribution in [0.2, 0.25) is 0 Å². The van der Waals surface area contributed by atoms with Gasteiger partial charge in [0.2, 0.25) is 0 Å². The van der Waals surface area contributed by atoms with Gasteiger partial charge in [-0.3, -0.25) is 4.68 Å². The lowest BCUT2D eigenvalue weighted by Gasteiger charge is -2.10. The molecule has 1 aliphatic rings. The first-order chi connectivity index (χ1) is 12.6. The van der Waals surface area contributed by atoms with Crippen molar-refractivity contribution in [2.75, 3.05) is 13.7 Å². The molecule has 0 bridgehead atoms. The summed E-state index contributed by atoms with van der Waals surface area (Å²) in [5.74, 6) is 0.373. The summed E-state index contributed by atoms with van der Waals surface area (Å²) in [4.78, 5) is 16.3. The first-order valence-corrected chi connectivity index (χ1v) is 8.47. The van der Waals surface area contributed by atoms with Gasteiger partial charge < -0.3 is 9.47 Å². The van der Waals surface area contributed by atoms with Crippen LogP contribution in [0.25, 0.3) is 11.3 Å². The van der Waals surface area contributed by atoms with Crippen molar-refractivity contribution in [1.82, 2.24) is 14.8 Å². The number of fused-ring (bicyclic) bond motifs is 1. The predicted octanol–water partition coefficient (Wildman–Crippen LogP) is 2.79. The smallest absolute Gasteiger partial charge is 0.356 e. The number of carbonyl (C=O) groups excluding carboxylic acids is 1. The number of aryl methyl sites for hydroxylation is 1. The molecule has 0 atom stereocenters. The van der Waals surface area contributed by atoms with E-state index in [1.807, 2.05) is 19.3 Å². The Kier molecular flexibility index (Phi) is 4.16. The van der Waals surface area contributed by atoms with E-state index in [0.717, 1.165) is 33.8 Å². The zero-order valence-corrected chi connectivity index (χ0v) is 14.7. The van der Waals surface area contributed by atoms with E-state index in [9.17, 15) is 4.79 Å². The van der Waals surface area contributed by atoms with Gasteiger partial charge in [0, 0.05) is 37.2 Å². The highest BCUT2D eigenvalue weighted by Gasteiger charge is 2.22.